The van der Waals surface area contributed by atoms with Crippen LogP contribution in [0.1, 0.15) is 19.5 Å². The van der Waals surface area contributed by atoms with Gasteiger partial charge in [-0.25, -0.2) is 9.97 Å². The molecule has 0 aliphatic rings. The van der Waals surface area contributed by atoms with Gasteiger partial charge in [0.2, 0.25) is 0 Å². The molecule has 18 heavy (non-hydrogen) atoms. The van der Waals surface area contributed by atoms with Crippen LogP contribution < -0.4 is 5.73 Å². The molecule has 0 spiro atoms. The fourth-order valence-corrected chi connectivity index (χ4v) is 1.90. The fourth-order valence-electron chi connectivity index (χ4n) is 1.66. The van der Waals surface area contributed by atoms with Crippen molar-refractivity contribution in [2.45, 2.75) is 20.3 Å². The van der Waals surface area contributed by atoms with Crippen molar-refractivity contribution in [1.82, 2.24) is 15.0 Å². The molecular weight excluding hydrogens is 292 g/mol. The lowest BCUT2D eigenvalue weighted by Gasteiger charge is -2.07. The first kappa shape index (κ1) is 13.0. The molecule has 0 aliphatic heterocycles. The SMILES string of the molecule is CC(C)Cc1cc(N)nc(-c2ccc(Br)cn2)n1. The van der Waals surface area contributed by atoms with Crippen LogP contribution in [0.3, 0.4) is 0 Å². The summed E-state index contributed by atoms with van der Waals surface area (Å²) in [5.74, 6) is 1.60. The van der Waals surface area contributed by atoms with E-state index in [0.717, 1.165) is 22.3 Å². The summed E-state index contributed by atoms with van der Waals surface area (Å²) in [5, 5.41) is 0. The third-order valence-corrected chi connectivity index (χ3v) is 2.84. The molecule has 4 nitrogen and oxygen atoms in total. The highest BCUT2D eigenvalue weighted by Gasteiger charge is 2.08. The Bertz CT molecular complexity index is 537. The van der Waals surface area contributed by atoms with E-state index in [2.05, 4.69) is 44.7 Å². The number of nitrogens with zero attached hydrogens (tertiary/aromatic N) is 3. The predicted octanol–water partition coefficient (Wildman–Crippen LogP) is 3.08. The summed E-state index contributed by atoms with van der Waals surface area (Å²) in [6.07, 6.45) is 2.61. The van der Waals surface area contributed by atoms with E-state index in [1.54, 1.807) is 6.20 Å². The van der Waals surface area contributed by atoms with Crippen LogP contribution in [0.15, 0.2) is 28.9 Å². The van der Waals surface area contributed by atoms with E-state index in [4.69, 9.17) is 5.73 Å². The number of pyridine rings is 1. The van der Waals surface area contributed by atoms with Gasteiger partial charge in [0.25, 0.3) is 0 Å². The highest BCUT2D eigenvalue weighted by molar-refractivity contribution is 9.10. The first-order chi connectivity index (χ1) is 8.54. The average Bonchev–Trinajstić information content (AvgIpc) is 2.28. The molecule has 2 aromatic rings. The van der Waals surface area contributed by atoms with E-state index in [1.165, 1.54) is 0 Å². The second-order valence-electron chi connectivity index (χ2n) is 4.57. The summed E-state index contributed by atoms with van der Waals surface area (Å²) >= 11 is 3.35. The van der Waals surface area contributed by atoms with Gasteiger partial charge in [0, 0.05) is 22.4 Å². The molecule has 0 fully saturated rings. The summed E-state index contributed by atoms with van der Waals surface area (Å²) in [6, 6.07) is 5.61. The van der Waals surface area contributed by atoms with Crippen molar-refractivity contribution in [3.05, 3.63) is 34.6 Å². The largest absolute Gasteiger partial charge is 0.384 e. The molecule has 5 heteroatoms. The first-order valence-corrected chi connectivity index (χ1v) is 6.59. The van der Waals surface area contributed by atoms with Crippen molar-refractivity contribution in [1.29, 1.82) is 0 Å². The van der Waals surface area contributed by atoms with Crippen molar-refractivity contribution in [3.8, 4) is 11.5 Å². The fraction of sp³-hybridized carbons (Fsp3) is 0.308. The number of rotatable bonds is 3. The minimum Gasteiger partial charge on any atom is -0.384 e. The minimum absolute atomic E-state index is 0.486. The van der Waals surface area contributed by atoms with Crippen LogP contribution in [-0.4, -0.2) is 15.0 Å². The minimum atomic E-state index is 0.486. The maximum atomic E-state index is 5.81. The van der Waals surface area contributed by atoms with Crippen molar-refractivity contribution in [3.63, 3.8) is 0 Å². The van der Waals surface area contributed by atoms with Gasteiger partial charge >= 0.3 is 0 Å². The molecule has 0 aliphatic carbocycles. The Hall–Kier alpha value is -1.49. The van der Waals surface area contributed by atoms with Gasteiger partial charge in [-0.05, 0) is 40.4 Å². The summed E-state index contributed by atoms with van der Waals surface area (Å²) in [4.78, 5) is 13.0. The normalized spacial score (nSPS) is 10.9. The molecule has 0 radical (unpaired) electrons. The second-order valence-corrected chi connectivity index (χ2v) is 5.48. The lowest BCUT2D eigenvalue weighted by atomic mass is 10.1. The van der Waals surface area contributed by atoms with Gasteiger partial charge in [-0.1, -0.05) is 13.8 Å². The summed E-state index contributed by atoms with van der Waals surface area (Å²) in [6.45, 7) is 4.30. The summed E-state index contributed by atoms with van der Waals surface area (Å²) < 4.78 is 0.928. The van der Waals surface area contributed by atoms with E-state index >= 15 is 0 Å². The van der Waals surface area contributed by atoms with Crippen LogP contribution in [-0.2, 0) is 6.42 Å². The van der Waals surface area contributed by atoms with Gasteiger partial charge in [-0.2, -0.15) is 0 Å². The molecule has 2 aromatic heterocycles. The van der Waals surface area contributed by atoms with Crippen LogP contribution in [0.25, 0.3) is 11.5 Å². The number of nitrogens with two attached hydrogens (primary N) is 1. The van der Waals surface area contributed by atoms with E-state index in [9.17, 15) is 0 Å². The highest BCUT2D eigenvalue weighted by Crippen LogP contribution is 2.18. The number of aromatic nitrogens is 3. The van der Waals surface area contributed by atoms with E-state index in [-0.39, 0.29) is 0 Å². The predicted molar refractivity (Wildman–Crippen MR) is 75.9 cm³/mol. The maximum absolute atomic E-state index is 5.81. The van der Waals surface area contributed by atoms with Gasteiger partial charge in [0.1, 0.15) is 11.5 Å². The van der Waals surface area contributed by atoms with Crippen LogP contribution in [0.4, 0.5) is 5.82 Å². The number of anilines is 1. The Labute approximate surface area is 115 Å². The van der Waals surface area contributed by atoms with Gasteiger partial charge < -0.3 is 5.73 Å². The molecule has 0 aromatic carbocycles. The van der Waals surface area contributed by atoms with E-state index in [1.807, 2.05) is 18.2 Å². The van der Waals surface area contributed by atoms with E-state index in [0.29, 0.717) is 17.6 Å². The van der Waals surface area contributed by atoms with Gasteiger partial charge in [-0.15, -0.1) is 0 Å². The Balaban J connectivity index is 2.38. The zero-order valence-electron chi connectivity index (χ0n) is 10.4. The van der Waals surface area contributed by atoms with Crippen LogP contribution in [0, 0.1) is 5.92 Å². The first-order valence-electron chi connectivity index (χ1n) is 5.80. The standard InChI is InChI=1S/C13H15BrN4/c1-8(2)5-10-6-12(15)18-13(17-10)11-4-3-9(14)7-16-11/h3-4,6-8H,5H2,1-2H3,(H2,15,17,18). The van der Waals surface area contributed by atoms with Gasteiger partial charge in [-0.3, -0.25) is 4.98 Å². The van der Waals surface area contributed by atoms with Crippen molar-refractivity contribution in [2.75, 3.05) is 5.73 Å². The monoisotopic (exact) mass is 306 g/mol. The molecule has 0 atom stereocenters. The van der Waals surface area contributed by atoms with Gasteiger partial charge in [0.05, 0.1) is 0 Å². The lowest BCUT2D eigenvalue weighted by Crippen LogP contribution is -2.04. The molecular formula is C13H15BrN4. The highest BCUT2D eigenvalue weighted by atomic mass is 79.9. The molecule has 2 rings (SSSR count). The molecule has 0 saturated heterocycles. The van der Waals surface area contributed by atoms with Crippen LogP contribution in [0.5, 0.6) is 0 Å². The Kier molecular flexibility index (Phi) is 3.91. The summed E-state index contributed by atoms with van der Waals surface area (Å²) in [5.41, 5.74) is 7.50. The molecule has 2 N–H and O–H groups in total. The third-order valence-electron chi connectivity index (χ3n) is 2.37. The molecule has 0 unspecified atom stereocenters. The Morgan fingerprint density at radius 3 is 2.67 bits per heavy atom. The van der Waals surface area contributed by atoms with Crippen LogP contribution in [0.2, 0.25) is 0 Å². The molecule has 2 heterocycles. The molecule has 0 amide bonds. The Morgan fingerprint density at radius 1 is 1.28 bits per heavy atom. The molecule has 94 valence electrons. The Morgan fingerprint density at radius 2 is 2.06 bits per heavy atom. The number of halogens is 1. The third kappa shape index (κ3) is 3.26. The molecule has 0 saturated carbocycles. The second kappa shape index (κ2) is 5.44. The topological polar surface area (TPSA) is 64.7 Å². The van der Waals surface area contributed by atoms with E-state index < -0.39 is 0 Å². The zero-order chi connectivity index (χ0) is 13.1. The zero-order valence-corrected chi connectivity index (χ0v) is 12.0. The number of hydrogen-bond donors (Lipinski definition) is 1. The maximum Gasteiger partial charge on any atom is 0.180 e. The van der Waals surface area contributed by atoms with Crippen molar-refractivity contribution >= 4 is 21.7 Å². The van der Waals surface area contributed by atoms with Gasteiger partial charge in [0.15, 0.2) is 5.82 Å². The average molecular weight is 307 g/mol. The van der Waals surface area contributed by atoms with Crippen molar-refractivity contribution in [2.24, 2.45) is 5.92 Å². The van der Waals surface area contributed by atoms with Crippen LogP contribution >= 0.6 is 15.9 Å². The number of nitrogen functional groups attached to an aromatic ring is 1. The smallest absolute Gasteiger partial charge is 0.180 e. The molecule has 0 bridgehead atoms. The summed E-state index contributed by atoms with van der Waals surface area (Å²) in [7, 11) is 0. The lowest BCUT2D eigenvalue weighted by molar-refractivity contribution is 0.635. The quantitative estimate of drug-likeness (QED) is 0.946. The van der Waals surface area contributed by atoms with Crippen molar-refractivity contribution < 1.29 is 0 Å². The number of hydrogen-bond acceptors (Lipinski definition) is 4.